The van der Waals surface area contributed by atoms with Gasteiger partial charge in [0.05, 0.1) is 6.61 Å². The van der Waals surface area contributed by atoms with Crippen molar-refractivity contribution >= 4 is 25.4 Å². The first kappa shape index (κ1) is 32.2. The van der Waals surface area contributed by atoms with Crippen LogP contribution in [0.25, 0.3) is 0 Å². The predicted molar refractivity (Wildman–Crippen MR) is 154 cm³/mol. The molecule has 0 radical (unpaired) electrons. The van der Waals surface area contributed by atoms with Gasteiger partial charge < -0.3 is 14.6 Å². The molecule has 0 bridgehead atoms. The maximum atomic E-state index is 11.9. The SMILES string of the molecule is CC#CC#CC#CC#CC#CC(=O)OC[C@H](CO)OC(=O)CCCCCCCCCCC.S.[HH].[HH].[HH].[HH].[HH].[HH].[HH].[HH].[HH]. The topological polar surface area (TPSA) is 72.8 Å². The summed E-state index contributed by atoms with van der Waals surface area (Å²) in [5.74, 6) is 23.0. The highest BCUT2D eigenvalue weighted by molar-refractivity contribution is 7.59. The van der Waals surface area contributed by atoms with E-state index in [9.17, 15) is 14.7 Å². The molecule has 0 rings (SSSR count). The summed E-state index contributed by atoms with van der Waals surface area (Å²) in [4.78, 5) is 23.4. The lowest BCUT2D eigenvalue weighted by Gasteiger charge is -2.14. The molecule has 0 spiro atoms. The van der Waals surface area contributed by atoms with Gasteiger partial charge in [-0.25, -0.2) is 4.79 Å². The van der Waals surface area contributed by atoms with E-state index in [0.29, 0.717) is 0 Å². The summed E-state index contributed by atoms with van der Waals surface area (Å²) in [6.45, 7) is 3.16. The van der Waals surface area contributed by atoms with Gasteiger partial charge in [-0.2, -0.15) is 13.5 Å². The Morgan fingerprint density at radius 1 is 0.818 bits per heavy atom. The molecule has 0 heterocycles. The zero-order valence-corrected chi connectivity index (χ0v) is 20.6. The van der Waals surface area contributed by atoms with Gasteiger partial charge in [-0.15, -0.1) is 0 Å². The van der Waals surface area contributed by atoms with Gasteiger partial charge in [0, 0.05) is 25.2 Å². The largest absolute Gasteiger partial charge is 0.456 e. The molecule has 1 atom stereocenters. The molecule has 0 saturated heterocycles. The van der Waals surface area contributed by atoms with Crippen LogP contribution in [0.3, 0.4) is 0 Å². The summed E-state index contributed by atoms with van der Waals surface area (Å²) in [5, 5.41) is 9.31. The Kier molecular flexibility index (Phi) is 24.7. The van der Waals surface area contributed by atoms with Crippen LogP contribution in [0.15, 0.2) is 0 Å². The number of hydrogen-bond donors (Lipinski definition) is 1. The molecular formula is C27H52O5S. The lowest BCUT2D eigenvalue weighted by molar-refractivity contribution is -0.159. The number of rotatable bonds is 14. The van der Waals surface area contributed by atoms with E-state index in [1.54, 1.807) is 6.92 Å². The number of unbranched alkanes of at least 4 members (excludes halogenated alkanes) is 8. The molecule has 0 unspecified atom stereocenters. The number of aliphatic hydroxyl groups excluding tert-OH is 1. The molecule has 0 saturated carbocycles. The second kappa shape index (κ2) is 25.3. The lowest BCUT2D eigenvalue weighted by atomic mass is 10.1. The Morgan fingerprint density at radius 2 is 1.33 bits per heavy atom. The maximum Gasteiger partial charge on any atom is 0.385 e. The molecule has 1 N–H and O–H groups in total. The molecule has 6 heteroatoms. The molecule has 0 fully saturated rings. The molecule has 5 nitrogen and oxygen atoms in total. The minimum atomic E-state index is -0.909. The van der Waals surface area contributed by atoms with Gasteiger partial charge in [-0.3, -0.25) is 4.79 Å². The first-order chi connectivity index (χ1) is 15.6. The molecular weight excluding hydrogens is 436 g/mol. The second-order valence-corrected chi connectivity index (χ2v) is 6.85. The number of aliphatic hydroxyl groups is 1. The molecule has 0 aliphatic heterocycles. The van der Waals surface area contributed by atoms with E-state index in [4.69, 9.17) is 9.47 Å². The van der Waals surface area contributed by atoms with Crippen LogP contribution in [-0.4, -0.2) is 36.4 Å². The standard InChI is InChI=1S/C27H32O5.H2S.9H2/c1-3-5-7-9-11-13-15-17-19-21-26(29)31-24-25(23-28)32-27(30)22-20-18-16-14-12-10-8-6-4-2;;;;;;;;;;/h25,28H,4,6,8,10,12,14,16,18,20,22-24H2,1-2H3;1H2;9*1H/t25-;;;;;;;;;;/m0........../s1. The number of carbonyl (C=O) groups excluding carboxylic acids is 2. The Hall–Kier alpha value is -2.95. The van der Waals surface area contributed by atoms with Crippen molar-refractivity contribution in [2.75, 3.05) is 13.2 Å². The molecule has 196 valence electrons. The third kappa shape index (κ3) is 23.5. The van der Waals surface area contributed by atoms with Gasteiger partial charge in [0.2, 0.25) is 0 Å². The van der Waals surface area contributed by atoms with Crippen LogP contribution < -0.4 is 0 Å². The third-order valence-electron chi connectivity index (χ3n) is 4.11. The van der Waals surface area contributed by atoms with Crippen LogP contribution in [0.1, 0.15) is 90.9 Å². The second-order valence-electron chi connectivity index (χ2n) is 6.85. The van der Waals surface area contributed by atoms with Crippen LogP contribution in [0.5, 0.6) is 0 Å². The maximum absolute atomic E-state index is 11.9. The zero-order chi connectivity index (χ0) is 23.7. The first-order valence-corrected chi connectivity index (χ1v) is 11.0. The van der Waals surface area contributed by atoms with Gasteiger partial charge in [-0.1, -0.05) is 64.2 Å². The highest BCUT2D eigenvalue weighted by atomic mass is 32.1. The van der Waals surface area contributed by atoms with Gasteiger partial charge in [0.25, 0.3) is 0 Å². The lowest BCUT2D eigenvalue weighted by Crippen LogP contribution is -2.28. The number of carbonyl (C=O) groups is 2. The highest BCUT2D eigenvalue weighted by Gasteiger charge is 2.15. The minimum absolute atomic E-state index is 0. The third-order valence-corrected chi connectivity index (χ3v) is 4.11. The molecule has 0 aromatic carbocycles. The Morgan fingerprint density at radius 3 is 1.88 bits per heavy atom. The average Bonchev–Trinajstić information content (AvgIpc) is 2.79. The summed E-state index contributed by atoms with van der Waals surface area (Å²) in [7, 11) is 0. The summed E-state index contributed by atoms with van der Waals surface area (Å²) in [5.41, 5.74) is 0. The van der Waals surface area contributed by atoms with Gasteiger partial charge in [0.15, 0.2) is 6.10 Å². The highest BCUT2D eigenvalue weighted by Crippen LogP contribution is 2.11. The van der Waals surface area contributed by atoms with Crippen molar-refractivity contribution < 1.29 is 37.0 Å². The minimum Gasteiger partial charge on any atom is -0.456 e. The van der Waals surface area contributed by atoms with E-state index >= 15 is 0 Å². The quantitative estimate of drug-likeness (QED) is 0.147. The van der Waals surface area contributed by atoms with Crippen LogP contribution >= 0.6 is 13.5 Å². The van der Waals surface area contributed by atoms with Crippen molar-refractivity contribution in [3.05, 3.63) is 0 Å². The van der Waals surface area contributed by atoms with Crippen LogP contribution in [0, 0.1) is 59.2 Å². The Labute approximate surface area is 219 Å². The van der Waals surface area contributed by atoms with E-state index in [1.807, 2.05) is 0 Å². The van der Waals surface area contributed by atoms with Gasteiger partial charge in [0.1, 0.15) is 6.61 Å². The summed E-state index contributed by atoms with van der Waals surface area (Å²) < 4.78 is 10.0. The average molecular weight is 489 g/mol. The molecule has 0 aliphatic carbocycles. The smallest absolute Gasteiger partial charge is 0.385 e. The monoisotopic (exact) mass is 488 g/mol. The molecule has 0 aliphatic rings. The van der Waals surface area contributed by atoms with Crippen molar-refractivity contribution in [2.24, 2.45) is 0 Å². The first-order valence-electron chi connectivity index (χ1n) is 11.0. The molecule has 33 heavy (non-hydrogen) atoms. The van der Waals surface area contributed by atoms with Crippen LogP contribution in [0.4, 0.5) is 0 Å². The van der Waals surface area contributed by atoms with E-state index in [1.165, 1.54) is 38.5 Å². The number of ether oxygens (including phenoxy) is 2. The van der Waals surface area contributed by atoms with E-state index < -0.39 is 24.6 Å². The molecule has 0 amide bonds. The fourth-order valence-electron chi connectivity index (χ4n) is 2.49. The molecule has 0 aromatic heterocycles. The fourth-order valence-corrected chi connectivity index (χ4v) is 2.49. The summed E-state index contributed by atoms with van der Waals surface area (Å²) >= 11 is 0. The van der Waals surface area contributed by atoms with E-state index in [-0.39, 0.29) is 39.4 Å². The summed E-state index contributed by atoms with van der Waals surface area (Å²) in [6, 6.07) is 0. The van der Waals surface area contributed by atoms with Crippen molar-refractivity contribution in [1.82, 2.24) is 0 Å². The molecule has 0 aromatic rings. The predicted octanol–water partition coefficient (Wildman–Crippen LogP) is 5.72. The van der Waals surface area contributed by atoms with E-state index in [0.717, 1.165) is 19.3 Å². The van der Waals surface area contributed by atoms with Gasteiger partial charge >= 0.3 is 11.9 Å². The van der Waals surface area contributed by atoms with Crippen LogP contribution in [0.2, 0.25) is 0 Å². The normalized spacial score (nSPS) is 9.18. The fraction of sp³-hybridized carbons (Fsp3) is 0.556. The van der Waals surface area contributed by atoms with Crippen molar-refractivity contribution in [1.29, 1.82) is 0 Å². The Bertz CT molecular complexity index is 898. The van der Waals surface area contributed by atoms with Crippen molar-refractivity contribution in [3.8, 4) is 59.2 Å². The summed E-state index contributed by atoms with van der Waals surface area (Å²) in [6.07, 6.45) is 9.77. The van der Waals surface area contributed by atoms with Crippen LogP contribution in [-0.2, 0) is 19.1 Å². The van der Waals surface area contributed by atoms with Gasteiger partial charge in [-0.05, 0) is 60.7 Å². The number of hydrogen-bond acceptors (Lipinski definition) is 5. The van der Waals surface area contributed by atoms with Crippen molar-refractivity contribution in [3.63, 3.8) is 0 Å². The van der Waals surface area contributed by atoms with E-state index in [2.05, 4.69) is 66.1 Å². The zero-order valence-electron chi connectivity index (χ0n) is 19.6. The number of esters is 2. The Balaban J connectivity index is -0.000000107. The van der Waals surface area contributed by atoms with Crippen molar-refractivity contribution in [2.45, 2.75) is 84.2 Å².